The molecule has 0 fully saturated rings. The van der Waals surface area contributed by atoms with E-state index < -0.39 is 11.8 Å². The minimum absolute atomic E-state index is 0.140. The number of hydrogen-bond acceptors (Lipinski definition) is 7. The highest BCUT2D eigenvalue weighted by Gasteiger charge is 2.12. The van der Waals surface area contributed by atoms with Crippen LogP contribution in [0.1, 0.15) is 11.1 Å². The molecule has 0 aromatic heterocycles. The highest BCUT2D eigenvalue weighted by molar-refractivity contribution is 6.02. The first-order valence-corrected chi connectivity index (χ1v) is 8.03. The second-order valence-corrected chi connectivity index (χ2v) is 5.61. The van der Waals surface area contributed by atoms with Gasteiger partial charge in [-0.25, -0.2) is 0 Å². The maximum atomic E-state index is 12.4. The van der Waals surface area contributed by atoms with Crippen LogP contribution in [-0.2, 0) is 9.59 Å². The van der Waals surface area contributed by atoms with Gasteiger partial charge in [0.1, 0.15) is 5.70 Å². The Kier molecular flexibility index (Phi) is 6.61. The highest BCUT2D eigenvalue weighted by Crippen LogP contribution is 2.26. The van der Waals surface area contributed by atoms with Gasteiger partial charge < -0.3 is 36.8 Å². The first-order valence-electron chi connectivity index (χ1n) is 8.03. The van der Waals surface area contributed by atoms with Crippen molar-refractivity contribution >= 4 is 24.0 Å². The third-order valence-electron chi connectivity index (χ3n) is 3.50. The number of carbonyl (C=O) groups excluding carboxylic acids is 2. The lowest BCUT2D eigenvalue weighted by Gasteiger charge is -2.09. The fourth-order valence-electron chi connectivity index (χ4n) is 2.09. The maximum absolute atomic E-state index is 12.4. The summed E-state index contributed by atoms with van der Waals surface area (Å²) >= 11 is 0. The number of rotatable bonds is 6. The molecule has 0 saturated heterocycles. The summed E-state index contributed by atoms with van der Waals surface area (Å²) in [6.07, 6.45) is 4.04. The van der Waals surface area contributed by atoms with Crippen LogP contribution in [0.15, 0.2) is 48.3 Å². The van der Waals surface area contributed by atoms with Gasteiger partial charge in [0.2, 0.25) is 5.91 Å². The lowest BCUT2D eigenvalue weighted by molar-refractivity contribution is -0.122. The van der Waals surface area contributed by atoms with Gasteiger partial charge in [-0.2, -0.15) is 0 Å². The van der Waals surface area contributed by atoms with Gasteiger partial charge in [-0.3, -0.25) is 9.59 Å². The van der Waals surface area contributed by atoms with Crippen molar-refractivity contribution in [1.29, 1.82) is 0 Å². The summed E-state index contributed by atoms with van der Waals surface area (Å²) in [6.45, 7) is -0.339. The van der Waals surface area contributed by atoms with Crippen molar-refractivity contribution in [2.45, 2.75) is 0 Å². The Bertz CT molecular complexity index is 953. The Morgan fingerprint density at radius 3 is 2.04 bits per heavy atom. The van der Waals surface area contributed by atoms with E-state index in [1.165, 1.54) is 54.8 Å². The Balaban J connectivity index is 2.19. The van der Waals surface area contributed by atoms with Crippen LogP contribution in [0, 0.1) is 0 Å². The standard InChI is InChI=1S/C19H19N3O6/c20-10-18(27)22-13(7-12-2-4-15(24)17(26)9-12)19(28)21-6-5-11-1-3-14(23)16(25)8-11/h1-9,23-26H,10,20H2,(H,21,28)(H,22,27)/b6-5+,13-7+. The van der Waals surface area contributed by atoms with Crippen LogP contribution in [0.4, 0.5) is 0 Å². The predicted octanol–water partition coefficient (Wildman–Crippen LogP) is 0.712. The van der Waals surface area contributed by atoms with Crippen molar-refractivity contribution in [3.63, 3.8) is 0 Å². The molecule has 2 aromatic carbocycles. The SMILES string of the molecule is NCC(=O)N/C(=C/c1ccc(O)c(O)c1)C(=O)N/C=C/c1ccc(O)c(O)c1. The van der Waals surface area contributed by atoms with E-state index in [0.29, 0.717) is 11.1 Å². The zero-order chi connectivity index (χ0) is 20.7. The maximum Gasteiger partial charge on any atom is 0.271 e. The van der Waals surface area contributed by atoms with Crippen LogP contribution < -0.4 is 16.4 Å². The van der Waals surface area contributed by atoms with Crippen LogP contribution in [0.5, 0.6) is 23.0 Å². The molecule has 0 aliphatic heterocycles. The van der Waals surface area contributed by atoms with Crippen molar-refractivity contribution < 1.29 is 30.0 Å². The van der Waals surface area contributed by atoms with E-state index in [-0.39, 0.29) is 35.2 Å². The van der Waals surface area contributed by atoms with Crippen LogP contribution in [0.25, 0.3) is 12.2 Å². The molecule has 0 saturated carbocycles. The third kappa shape index (κ3) is 5.51. The summed E-state index contributed by atoms with van der Waals surface area (Å²) < 4.78 is 0. The largest absolute Gasteiger partial charge is 0.504 e. The average Bonchev–Trinajstić information content (AvgIpc) is 2.66. The van der Waals surface area contributed by atoms with Crippen LogP contribution in [0.2, 0.25) is 0 Å². The average molecular weight is 385 g/mol. The summed E-state index contributed by atoms with van der Waals surface area (Å²) in [4.78, 5) is 24.0. The van der Waals surface area contributed by atoms with Crippen molar-refractivity contribution in [2.75, 3.05) is 6.54 Å². The van der Waals surface area contributed by atoms with E-state index in [1.54, 1.807) is 0 Å². The van der Waals surface area contributed by atoms with E-state index in [4.69, 9.17) is 5.73 Å². The molecule has 2 rings (SSSR count). The molecule has 8 N–H and O–H groups in total. The first-order chi connectivity index (χ1) is 13.3. The zero-order valence-electron chi connectivity index (χ0n) is 14.6. The second-order valence-electron chi connectivity index (χ2n) is 5.61. The molecular formula is C19H19N3O6. The number of phenolic OH excluding ortho intramolecular Hbond substituents is 4. The lowest BCUT2D eigenvalue weighted by atomic mass is 10.1. The molecule has 9 heteroatoms. The molecule has 0 bridgehead atoms. The van der Waals surface area contributed by atoms with Gasteiger partial charge in [0, 0.05) is 6.20 Å². The minimum atomic E-state index is -0.673. The zero-order valence-corrected chi connectivity index (χ0v) is 14.6. The van der Waals surface area contributed by atoms with Crippen molar-refractivity contribution in [3.05, 3.63) is 59.4 Å². The topological polar surface area (TPSA) is 165 Å². The lowest BCUT2D eigenvalue weighted by Crippen LogP contribution is -2.36. The van der Waals surface area contributed by atoms with Gasteiger partial charge in [0.25, 0.3) is 5.91 Å². The van der Waals surface area contributed by atoms with Gasteiger partial charge in [0.15, 0.2) is 23.0 Å². The number of nitrogens with one attached hydrogen (secondary N) is 2. The molecule has 0 spiro atoms. The summed E-state index contributed by atoms with van der Waals surface area (Å²) in [5.74, 6) is -2.56. The number of aromatic hydroxyl groups is 4. The molecule has 0 atom stereocenters. The van der Waals surface area contributed by atoms with Gasteiger partial charge in [0.05, 0.1) is 6.54 Å². The number of hydrogen-bond donors (Lipinski definition) is 7. The number of nitrogens with two attached hydrogens (primary N) is 1. The molecule has 28 heavy (non-hydrogen) atoms. The van der Waals surface area contributed by atoms with E-state index >= 15 is 0 Å². The summed E-state index contributed by atoms with van der Waals surface area (Å²) in [5, 5.41) is 42.4. The fourth-order valence-corrected chi connectivity index (χ4v) is 2.09. The van der Waals surface area contributed by atoms with E-state index in [2.05, 4.69) is 10.6 Å². The molecule has 2 aromatic rings. The normalized spacial score (nSPS) is 11.4. The van der Waals surface area contributed by atoms with Crippen LogP contribution >= 0.6 is 0 Å². The molecule has 2 amide bonds. The molecule has 9 nitrogen and oxygen atoms in total. The minimum Gasteiger partial charge on any atom is -0.504 e. The summed E-state index contributed by atoms with van der Waals surface area (Å²) in [5.41, 5.74) is 5.98. The Hall–Kier alpha value is -3.98. The summed E-state index contributed by atoms with van der Waals surface area (Å²) in [6, 6.07) is 7.99. The van der Waals surface area contributed by atoms with Crippen molar-refractivity contribution in [1.82, 2.24) is 10.6 Å². The van der Waals surface area contributed by atoms with Crippen molar-refractivity contribution in [3.8, 4) is 23.0 Å². The monoisotopic (exact) mass is 385 g/mol. The number of amides is 2. The van der Waals surface area contributed by atoms with Gasteiger partial charge >= 0.3 is 0 Å². The first kappa shape index (κ1) is 20.3. The third-order valence-corrected chi connectivity index (χ3v) is 3.50. The smallest absolute Gasteiger partial charge is 0.271 e. The van der Waals surface area contributed by atoms with Crippen LogP contribution in [0.3, 0.4) is 0 Å². The molecule has 0 heterocycles. The fraction of sp³-hybridized carbons (Fsp3) is 0.0526. The number of benzene rings is 2. The van der Waals surface area contributed by atoms with Gasteiger partial charge in [-0.15, -0.1) is 0 Å². The predicted molar refractivity (Wildman–Crippen MR) is 102 cm³/mol. The Morgan fingerprint density at radius 2 is 1.46 bits per heavy atom. The van der Waals surface area contributed by atoms with E-state index in [1.807, 2.05) is 0 Å². The molecule has 0 aliphatic carbocycles. The molecule has 0 aliphatic rings. The number of phenols is 4. The molecular weight excluding hydrogens is 366 g/mol. The van der Waals surface area contributed by atoms with E-state index in [9.17, 15) is 30.0 Å². The summed E-state index contributed by atoms with van der Waals surface area (Å²) in [7, 11) is 0. The quantitative estimate of drug-likeness (QED) is 0.284. The van der Waals surface area contributed by atoms with Gasteiger partial charge in [-0.1, -0.05) is 12.1 Å². The Morgan fingerprint density at radius 1 is 0.893 bits per heavy atom. The molecule has 0 radical (unpaired) electrons. The number of carbonyl (C=O) groups is 2. The highest BCUT2D eigenvalue weighted by atomic mass is 16.3. The van der Waals surface area contributed by atoms with Gasteiger partial charge in [-0.05, 0) is 47.5 Å². The van der Waals surface area contributed by atoms with Crippen molar-refractivity contribution in [2.24, 2.45) is 5.73 Å². The Labute approximate surface area is 160 Å². The van der Waals surface area contributed by atoms with Crippen LogP contribution in [-0.4, -0.2) is 38.8 Å². The second kappa shape index (κ2) is 9.10. The molecule has 0 unspecified atom stereocenters. The van der Waals surface area contributed by atoms with E-state index in [0.717, 1.165) is 0 Å². The molecule has 146 valence electrons.